The molecule has 1 fully saturated rings. The fraction of sp³-hybridized carbons (Fsp3) is 0.158. The highest BCUT2D eigenvalue weighted by atomic mass is 127. The van der Waals surface area contributed by atoms with E-state index in [4.69, 9.17) is 0 Å². The van der Waals surface area contributed by atoms with Crippen molar-refractivity contribution >= 4 is 58.0 Å². The first-order chi connectivity index (χ1) is 12.5. The molecule has 1 saturated heterocycles. The molecule has 3 rings (SSSR count). The Morgan fingerprint density at radius 1 is 1.12 bits per heavy atom. The highest BCUT2D eigenvalue weighted by molar-refractivity contribution is 14.1. The van der Waals surface area contributed by atoms with Crippen LogP contribution < -0.4 is 10.2 Å². The molecule has 0 saturated carbocycles. The third-order valence-electron chi connectivity index (χ3n) is 4.02. The minimum absolute atomic E-state index is 0.410. The number of aliphatic imine (C=N–C) groups is 1. The topological polar surface area (TPSA) is 78.8 Å². The van der Waals surface area contributed by atoms with Gasteiger partial charge in [0, 0.05) is 9.78 Å². The van der Waals surface area contributed by atoms with Gasteiger partial charge < -0.3 is 0 Å². The summed E-state index contributed by atoms with van der Waals surface area (Å²) in [6.07, 6.45) is 2.09. The lowest BCUT2D eigenvalue weighted by atomic mass is 10.1. The van der Waals surface area contributed by atoms with Gasteiger partial charge in [0.05, 0.1) is 11.4 Å². The molecule has 1 heterocycles. The summed E-state index contributed by atoms with van der Waals surface area (Å²) in [4.78, 5) is 42.4. The lowest BCUT2D eigenvalue weighted by Crippen LogP contribution is -2.58. The number of barbiturate groups is 1. The molecule has 0 unspecified atom stereocenters. The molecule has 1 aliphatic heterocycles. The van der Waals surface area contributed by atoms with Gasteiger partial charge in [-0.25, -0.2) is 9.69 Å². The molecular formula is C19H16IN3O3. The molecule has 132 valence electrons. The minimum Gasteiger partial charge on any atom is -0.276 e. The van der Waals surface area contributed by atoms with Crippen LogP contribution in [0.4, 0.5) is 16.2 Å². The Morgan fingerprint density at radius 3 is 2.50 bits per heavy atom. The van der Waals surface area contributed by atoms with Crippen molar-refractivity contribution in [1.82, 2.24) is 5.32 Å². The monoisotopic (exact) mass is 461 g/mol. The number of urea groups is 1. The Morgan fingerprint density at radius 2 is 1.81 bits per heavy atom. The summed E-state index contributed by atoms with van der Waals surface area (Å²) in [6, 6.07) is 13.7. The largest absolute Gasteiger partial charge is 0.335 e. The van der Waals surface area contributed by atoms with Crippen LogP contribution in [0.5, 0.6) is 0 Å². The van der Waals surface area contributed by atoms with Crippen LogP contribution in [0.25, 0.3) is 0 Å². The Bertz CT molecular complexity index is 893. The fourth-order valence-electron chi connectivity index (χ4n) is 2.65. The molecule has 0 aliphatic carbocycles. The van der Waals surface area contributed by atoms with Crippen LogP contribution in [0.1, 0.15) is 12.5 Å². The van der Waals surface area contributed by atoms with E-state index in [1.54, 1.807) is 24.3 Å². The number of anilines is 1. The van der Waals surface area contributed by atoms with Crippen molar-refractivity contribution < 1.29 is 14.4 Å². The molecule has 6 nitrogen and oxygen atoms in total. The first-order valence-electron chi connectivity index (χ1n) is 8.07. The van der Waals surface area contributed by atoms with Gasteiger partial charge in [0.2, 0.25) is 5.91 Å². The standard InChI is InChI=1S/C19H16IN3O3/c1-2-12-5-3-4-6-16(12)21-11-15-17(24)22-19(26)23(18(15)25)14-9-7-13(20)8-10-14/h3-11,15H,2H2,1H3,(H,22,24,26)/t15-/m0/s1. The Balaban J connectivity index is 1.90. The number of nitrogens with zero attached hydrogens (tertiary/aromatic N) is 2. The average Bonchev–Trinajstić information content (AvgIpc) is 2.63. The smallest absolute Gasteiger partial charge is 0.276 e. The van der Waals surface area contributed by atoms with E-state index in [2.05, 4.69) is 32.9 Å². The van der Waals surface area contributed by atoms with Crippen molar-refractivity contribution in [2.75, 3.05) is 4.90 Å². The third-order valence-corrected chi connectivity index (χ3v) is 4.74. The molecule has 0 bridgehead atoms. The van der Waals surface area contributed by atoms with E-state index in [1.807, 2.05) is 31.2 Å². The summed E-state index contributed by atoms with van der Waals surface area (Å²) >= 11 is 2.13. The zero-order valence-corrected chi connectivity index (χ0v) is 16.1. The van der Waals surface area contributed by atoms with Gasteiger partial charge in [-0.05, 0) is 64.9 Å². The summed E-state index contributed by atoms with van der Waals surface area (Å²) < 4.78 is 0.974. The lowest BCUT2D eigenvalue weighted by molar-refractivity contribution is -0.131. The predicted molar refractivity (Wildman–Crippen MR) is 108 cm³/mol. The predicted octanol–water partition coefficient (Wildman–Crippen LogP) is 3.46. The first kappa shape index (κ1) is 18.2. The Kier molecular flexibility index (Phi) is 5.46. The van der Waals surface area contributed by atoms with E-state index >= 15 is 0 Å². The van der Waals surface area contributed by atoms with Crippen LogP contribution in [0.2, 0.25) is 0 Å². The van der Waals surface area contributed by atoms with E-state index in [0.29, 0.717) is 11.4 Å². The number of carbonyl (C=O) groups is 3. The maximum atomic E-state index is 12.8. The molecule has 26 heavy (non-hydrogen) atoms. The number of hydrogen-bond acceptors (Lipinski definition) is 4. The fourth-order valence-corrected chi connectivity index (χ4v) is 3.01. The minimum atomic E-state index is -1.16. The van der Waals surface area contributed by atoms with Crippen molar-refractivity contribution in [3.8, 4) is 0 Å². The molecule has 0 spiro atoms. The van der Waals surface area contributed by atoms with Crippen molar-refractivity contribution in [3.63, 3.8) is 0 Å². The number of rotatable bonds is 4. The van der Waals surface area contributed by atoms with E-state index in [9.17, 15) is 14.4 Å². The summed E-state index contributed by atoms with van der Waals surface area (Å²) in [5.41, 5.74) is 2.12. The number of halogens is 1. The van der Waals surface area contributed by atoms with Crippen LogP contribution in [0, 0.1) is 9.49 Å². The highest BCUT2D eigenvalue weighted by Gasteiger charge is 2.40. The van der Waals surface area contributed by atoms with E-state index < -0.39 is 23.8 Å². The first-order valence-corrected chi connectivity index (χ1v) is 9.15. The van der Waals surface area contributed by atoms with Crippen molar-refractivity contribution in [2.24, 2.45) is 10.9 Å². The molecule has 2 aromatic rings. The number of carbonyl (C=O) groups excluding carboxylic acids is 3. The van der Waals surface area contributed by atoms with Crippen LogP contribution in [0.15, 0.2) is 53.5 Å². The number of para-hydroxylation sites is 1. The normalized spacial score (nSPS) is 17.7. The second-order valence-electron chi connectivity index (χ2n) is 5.68. The number of amides is 4. The van der Waals surface area contributed by atoms with Crippen LogP contribution in [0.3, 0.4) is 0 Å². The van der Waals surface area contributed by atoms with E-state index in [-0.39, 0.29) is 0 Å². The molecular weight excluding hydrogens is 445 g/mol. The summed E-state index contributed by atoms with van der Waals surface area (Å²) in [5.74, 6) is -2.44. The van der Waals surface area contributed by atoms with E-state index in [1.165, 1.54) is 6.21 Å². The molecule has 4 amide bonds. The van der Waals surface area contributed by atoms with Crippen LogP contribution in [-0.2, 0) is 16.0 Å². The second-order valence-corrected chi connectivity index (χ2v) is 6.93. The van der Waals surface area contributed by atoms with Crippen LogP contribution >= 0.6 is 22.6 Å². The van der Waals surface area contributed by atoms with Gasteiger partial charge in [-0.15, -0.1) is 0 Å². The highest BCUT2D eigenvalue weighted by Crippen LogP contribution is 2.23. The maximum Gasteiger partial charge on any atom is 0.335 e. The number of imide groups is 2. The molecule has 7 heteroatoms. The van der Waals surface area contributed by atoms with Gasteiger partial charge in [0.15, 0.2) is 5.92 Å². The van der Waals surface area contributed by atoms with E-state index in [0.717, 1.165) is 20.5 Å². The third kappa shape index (κ3) is 3.67. The molecule has 1 aliphatic rings. The second kappa shape index (κ2) is 7.77. The molecule has 0 aromatic heterocycles. The van der Waals surface area contributed by atoms with Crippen molar-refractivity contribution in [2.45, 2.75) is 13.3 Å². The molecule has 2 aromatic carbocycles. The summed E-state index contributed by atoms with van der Waals surface area (Å²) in [7, 11) is 0. The number of nitrogens with one attached hydrogen (secondary N) is 1. The zero-order valence-electron chi connectivity index (χ0n) is 14.0. The molecule has 0 radical (unpaired) electrons. The van der Waals surface area contributed by atoms with Gasteiger partial charge in [0.25, 0.3) is 5.91 Å². The van der Waals surface area contributed by atoms with Crippen LogP contribution in [-0.4, -0.2) is 24.1 Å². The molecule has 1 N–H and O–H groups in total. The van der Waals surface area contributed by atoms with Gasteiger partial charge in [-0.2, -0.15) is 0 Å². The van der Waals surface area contributed by atoms with Gasteiger partial charge in [-0.3, -0.25) is 19.9 Å². The SMILES string of the molecule is CCc1ccccc1N=C[C@H]1C(=O)NC(=O)N(c2ccc(I)cc2)C1=O. The quantitative estimate of drug-likeness (QED) is 0.431. The summed E-state index contributed by atoms with van der Waals surface area (Å²) in [5, 5.41) is 2.22. The summed E-state index contributed by atoms with van der Waals surface area (Å²) in [6.45, 7) is 2.00. The number of hydrogen-bond donors (Lipinski definition) is 1. The lowest BCUT2D eigenvalue weighted by Gasteiger charge is -2.28. The maximum absolute atomic E-state index is 12.8. The van der Waals surface area contributed by atoms with Gasteiger partial charge in [-0.1, -0.05) is 25.1 Å². The van der Waals surface area contributed by atoms with Gasteiger partial charge in [0.1, 0.15) is 0 Å². The Hall–Kier alpha value is -2.55. The molecule has 1 atom stereocenters. The van der Waals surface area contributed by atoms with Crippen molar-refractivity contribution in [1.29, 1.82) is 0 Å². The number of aryl methyl sites for hydroxylation is 1. The average molecular weight is 461 g/mol. The Labute approximate surface area is 164 Å². The zero-order chi connectivity index (χ0) is 18.7. The number of benzene rings is 2. The van der Waals surface area contributed by atoms with Gasteiger partial charge >= 0.3 is 6.03 Å². The van der Waals surface area contributed by atoms with Crippen molar-refractivity contribution in [3.05, 3.63) is 57.7 Å².